The first-order chi connectivity index (χ1) is 16.2. The molecule has 0 spiro atoms. The van der Waals surface area contributed by atoms with Gasteiger partial charge in [0.25, 0.3) is 0 Å². The number of ether oxygens (including phenoxy) is 2. The first-order valence-electron chi connectivity index (χ1n) is 13.4. The summed E-state index contributed by atoms with van der Waals surface area (Å²) in [5.41, 5.74) is 17.0. The molecule has 0 aliphatic rings. The quantitative estimate of drug-likeness (QED) is 0.0547. The van der Waals surface area contributed by atoms with Gasteiger partial charge in [0.2, 0.25) is 0 Å². The van der Waals surface area contributed by atoms with E-state index in [9.17, 15) is 0 Å². The molecule has 0 amide bonds. The fourth-order valence-corrected chi connectivity index (χ4v) is 3.89. The van der Waals surface area contributed by atoms with Crippen LogP contribution >= 0.6 is 0 Å². The lowest BCUT2D eigenvalue weighted by Crippen LogP contribution is -2.38. The van der Waals surface area contributed by atoms with Crippen molar-refractivity contribution in [2.24, 2.45) is 15.6 Å². The Hall–Kier alpha value is -1.46. The third-order valence-corrected chi connectivity index (χ3v) is 6.04. The topological polar surface area (TPSA) is 116 Å². The molecule has 0 aromatic carbocycles. The molecule has 0 heterocycles. The molecule has 0 saturated carbocycles. The van der Waals surface area contributed by atoms with Gasteiger partial charge in [-0.05, 0) is 23.9 Å². The number of azide groups is 2. The zero-order valence-corrected chi connectivity index (χ0v) is 21.6. The molecule has 33 heavy (non-hydrogen) atoms. The SMILES string of the molecule is CCCCCCCCCCOCC(CN=[N+]=[N-])(CN=[N+]=[N-])COCCCCCCCCCC. The van der Waals surface area contributed by atoms with Crippen LogP contribution in [0.25, 0.3) is 20.9 Å². The van der Waals surface area contributed by atoms with Gasteiger partial charge in [0, 0.05) is 41.5 Å². The zero-order valence-electron chi connectivity index (χ0n) is 21.6. The van der Waals surface area contributed by atoms with E-state index in [0.717, 1.165) is 12.8 Å². The maximum atomic E-state index is 8.82. The van der Waals surface area contributed by atoms with Crippen LogP contribution in [0.2, 0.25) is 0 Å². The van der Waals surface area contributed by atoms with Crippen LogP contribution in [0.5, 0.6) is 0 Å². The Morgan fingerprint density at radius 1 is 0.545 bits per heavy atom. The minimum absolute atomic E-state index is 0.206. The summed E-state index contributed by atoms with van der Waals surface area (Å²) in [7, 11) is 0. The number of nitrogens with zero attached hydrogens (tertiary/aromatic N) is 6. The maximum absolute atomic E-state index is 8.82. The number of unbranched alkanes of at least 4 members (excludes halogenated alkanes) is 14. The molecule has 0 atom stereocenters. The molecular formula is C25H50N6O2. The monoisotopic (exact) mass is 466 g/mol. The summed E-state index contributed by atoms with van der Waals surface area (Å²) in [5.74, 6) is 0. The molecule has 0 aromatic heterocycles. The van der Waals surface area contributed by atoms with E-state index in [1.165, 1.54) is 89.9 Å². The van der Waals surface area contributed by atoms with Gasteiger partial charge in [-0.1, -0.05) is 114 Å². The Morgan fingerprint density at radius 3 is 1.21 bits per heavy atom. The average molecular weight is 467 g/mol. The molecule has 0 aliphatic heterocycles. The summed E-state index contributed by atoms with van der Waals surface area (Å²) in [6.45, 7) is 6.97. The van der Waals surface area contributed by atoms with Crippen molar-refractivity contribution in [3.8, 4) is 0 Å². The smallest absolute Gasteiger partial charge is 0.0547 e. The molecule has 0 aromatic rings. The van der Waals surface area contributed by atoms with Gasteiger partial charge in [-0.2, -0.15) is 0 Å². The molecule has 0 fully saturated rings. The molecule has 0 N–H and O–H groups in total. The van der Waals surface area contributed by atoms with Gasteiger partial charge >= 0.3 is 0 Å². The molecule has 0 bridgehead atoms. The molecule has 0 rings (SSSR count). The van der Waals surface area contributed by atoms with E-state index in [-0.39, 0.29) is 13.1 Å². The van der Waals surface area contributed by atoms with Crippen molar-refractivity contribution in [3.05, 3.63) is 20.9 Å². The van der Waals surface area contributed by atoms with E-state index >= 15 is 0 Å². The van der Waals surface area contributed by atoms with Crippen LogP contribution in [0.1, 0.15) is 117 Å². The lowest BCUT2D eigenvalue weighted by Gasteiger charge is -2.30. The van der Waals surface area contributed by atoms with Crippen molar-refractivity contribution in [3.63, 3.8) is 0 Å². The maximum Gasteiger partial charge on any atom is 0.0547 e. The third kappa shape index (κ3) is 20.9. The van der Waals surface area contributed by atoms with Crippen molar-refractivity contribution >= 4 is 0 Å². The van der Waals surface area contributed by atoms with Crippen LogP contribution in [0, 0.1) is 5.41 Å². The second-order valence-electron chi connectivity index (χ2n) is 9.33. The number of hydrogen-bond donors (Lipinski definition) is 0. The van der Waals surface area contributed by atoms with Gasteiger partial charge in [-0.25, -0.2) is 0 Å². The van der Waals surface area contributed by atoms with Crippen LogP contribution in [-0.4, -0.2) is 39.5 Å². The molecule has 192 valence electrons. The molecule has 8 nitrogen and oxygen atoms in total. The molecule has 0 saturated heterocycles. The first-order valence-corrected chi connectivity index (χ1v) is 13.4. The van der Waals surface area contributed by atoms with E-state index in [0.29, 0.717) is 26.4 Å². The fraction of sp³-hybridized carbons (Fsp3) is 1.00. The first kappa shape index (κ1) is 31.5. The average Bonchev–Trinajstić information content (AvgIpc) is 2.83. The predicted molar refractivity (Wildman–Crippen MR) is 137 cm³/mol. The van der Waals surface area contributed by atoms with Gasteiger partial charge < -0.3 is 9.47 Å². The van der Waals surface area contributed by atoms with Gasteiger partial charge in [0.05, 0.1) is 13.2 Å². The normalized spacial score (nSPS) is 11.2. The highest BCUT2D eigenvalue weighted by atomic mass is 16.5. The second kappa shape index (κ2) is 25.2. The molecule has 0 aliphatic carbocycles. The van der Waals surface area contributed by atoms with Gasteiger partial charge in [0.15, 0.2) is 0 Å². The predicted octanol–water partition coefficient (Wildman–Crippen LogP) is 8.91. The van der Waals surface area contributed by atoms with Crippen LogP contribution in [0.4, 0.5) is 0 Å². The van der Waals surface area contributed by atoms with Crippen LogP contribution < -0.4 is 0 Å². The minimum Gasteiger partial charge on any atom is -0.381 e. The van der Waals surface area contributed by atoms with Crippen molar-refractivity contribution in [1.29, 1.82) is 0 Å². The van der Waals surface area contributed by atoms with Gasteiger partial charge in [-0.15, -0.1) is 0 Å². The Labute approximate surface area is 202 Å². The summed E-state index contributed by atoms with van der Waals surface area (Å²) in [6, 6.07) is 0. The van der Waals surface area contributed by atoms with Gasteiger partial charge in [0.1, 0.15) is 0 Å². The van der Waals surface area contributed by atoms with Crippen LogP contribution in [0.3, 0.4) is 0 Å². The highest BCUT2D eigenvalue weighted by molar-refractivity contribution is 4.85. The second-order valence-corrected chi connectivity index (χ2v) is 9.33. The Balaban J connectivity index is 4.23. The van der Waals surface area contributed by atoms with E-state index in [1.807, 2.05) is 0 Å². The van der Waals surface area contributed by atoms with Crippen molar-refractivity contribution < 1.29 is 9.47 Å². The molecule has 0 unspecified atom stereocenters. The summed E-state index contributed by atoms with van der Waals surface area (Å²) >= 11 is 0. The lowest BCUT2D eigenvalue weighted by molar-refractivity contribution is -0.0149. The highest BCUT2D eigenvalue weighted by Crippen LogP contribution is 2.22. The van der Waals surface area contributed by atoms with E-state index in [1.54, 1.807) is 0 Å². The molecule has 8 heteroatoms. The standard InChI is InChI=1S/C25H50N6O2/c1-3-5-7-9-11-13-15-17-19-32-23-25(21-28-30-26,22-29-31-27)24-33-20-18-16-14-12-10-8-6-4-2/h3-24H2,1-2H3. The Morgan fingerprint density at radius 2 is 0.879 bits per heavy atom. The highest BCUT2D eigenvalue weighted by Gasteiger charge is 2.30. The summed E-state index contributed by atoms with van der Waals surface area (Å²) < 4.78 is 11.9. The minimum atomic E-state index is -0.598. The number of rotatable bonds is 26. The largest absolute Gasteiger partial charge is 0.381 e. The third-order valence-electron chi connectivity index (χ3n) is 6.04. The lowest BCUT2D eigenvalue weighted by atomic mass is 9.90. The molecule has 0 radical (unpaired) electrons. The summed E-state index contributed by atoms with van der Waals surface area (Å²) in [5, 5.41) is 7.52. The Kier molecular flexibility index (Phi) is 24.1. The van der Waals surface area contributed by atoms with Crippen molar-refractivity contribution in [2.45, 2.75) is 117 Å². The van der Waals surface area contributed by atoms with E-state index in [2.05, 4.69) is 33.9 Å². The molecular weight excluding hydrogens is 416 g/mol. The summed E-state index contributed by atoms with van der Waals surface area (Å²) in [4.78, 5) is 5.81. The van der Waals surface area contributed by atoms with Crippen molar-refractivity contribution in [2.75, 3.05) is 39.5 Å². The fourth-order valence-electron chi connectivity index (χ4n) is 3.89. The zero-order chi connectivity index (χ0) is 24.3. The van der Waals surface area contributed by atoms with Crippen LogP contribution in [-0.2, 0) is 9.47 Å². The Bertz CT molecular complexity index is 473. The van der Waals surface area contributed by atoms with E-state index < -0.39 is 5.41 Å². The van der Waals surface area contributed by atoms with Gasteiger partial charge in [-0.3, -0.25) is 0 Å². The van der Waals surface area contributed by atoms with Crippen molar-refractivity contribution in [1.82, 2.24) is 0 Å². The number of hydrogen-bond acceptors (Lipinski definition) is 4. The van der Waals surface area contributed by atoms with E-state index in [4.69, 9.17) is 20.5 Å². The summed E-state index contributed by atoms with van der Waals surface area (Å²) in [6.07, 6.45) is 20.0. The van der Waals surface area contributed by atoms with Crippen LogP contribution in [0.15, 0.2) is 10.2 Å².